The Labute approximate surface area is 71.5 Å². The van der Waals surface area contributed by atoms with Crippen molar-refractivity contribution in [3.8, 4) is 0 Å². The van der Waals surface area contributed by atoms with Crippen molar-refractivity contribution in [2.24, 2.45) is 5.73 Å². The molecule has 72 valence electrons. The number of carbonyl (C=O) groups is 1. The number of hydrogen-bond acceptors (Lipinski definition) is 5. The van der Waals surface area contributed by atoms with Gasteiger partial charge in [0, 0.05) is 0 Å². The van der Waals surface area contributed by atoms with Crippen molar-refractivity contribution < 1.29 is 19.4 Å². The molecule has 0 rings (SSSR count). The van der Waals surface area contributed by atoms with Gasteiger partial charge in [-0.1, -0.05) is 0 Å². The van der Waals surface area contributed by atoms with E-state index in [4.69, 9.17) is 10.8 Å². The van der Waals surface area contributed by atoms with Gasteiger partial charge >= 0.3 is 6.16 Å². The third kappa shape index (κ3) is 4.92. The van der Waals surface area contributed by atoms with E-state index in [0.29, 0.717) is 0 Å². The van der Waals surface area contributed by atoms with Crippen LogP contribution in [0.1, 0.15) is 13.8 Å². The third-order valence-electron chi connectivity index (χ3n) is 1.14. The van der Waals surface area contributed by atoms with Crippen molar-refractivity contribution in [2.45, 2.75) is 19.4 Å². The van der Waals surface area contributed by atoms with Crippen LogP contribution >= 0.6 is 0 Å². The van der Waals surface area contributed by atoms with Crippen molar-refractivity contribution in [3.05, 3.63) is 0 Å². The molecule has 12 heavy (non-hydrogen) atoms. The van der Waals surface area contributed by atoms with Crippen LogP contribution in [0.4, 0.5) is 4.79 Å². The van der Waals surface area contributed by atoms with Gasteiger partial charge in [-0.25, -0.2) is 4.79 Å². The van der Waals surface area contributed by atoms with E-state index in [1.165, 1.54) is 0 Å². The van der Waals surface area contributed by atoms with Gasteiger partial charge in [0.1, 0.15) is 6.61 Å². The maximum absolute atomic E-state index is 10.6. The lowest BCUT2D eigenvalue weighted by molar-refractivity contribution is 0.0348. The second kappa shape index (κ2) is 4.95. The van der Waals surface area contributed by atoms with Gasteiger partial charge in [-0.2, -0.15) is 0 Å². The molecule has 0 spiro atoms. The van der Waals surface area contributed by atoms with E-state index < -0.39 is 11.7 Å². The maximum Gasteiger partial charge on any atom is 0.508 e. The lowest BCUT2D eigenvalue weighted by Crippen LogP contribution is -2.45. The fourth-order valence-corrected chi connectivity index (χ4v) is 0.429. The summed E-state index contributed by atoms with van der Waals surface area (Å²) >= 11 is 0. The minimum Gasteiger partial charge on any atom is -0.435 e. The second-order valence-electron chi connectivity index (χ2n) is 2.78. The highest BCUT2D eigenvalue weighted by atomic mass is 16.7. The van der Waals surface area contributed by atoms with Crippen LogP contribution in [0.25, 0.3) is 0 Å². The Morgan fingerprint density at radius 3 is 2.58 bits per heavy atom. The van der Waals surface area contributed by atoms with Crippen molar-refractivity contribution >= 4 is 6.16 Å². The quantitative estimate of drug-likeness (QED) is 0.584. The van der Waals surface area contributed by atoms with Gasteiger partial charge in [0.05, 0.1) is 18.8 Å². The van der Waals surface area contributed by atoms with Crippen LogP contribution in [0.5, 0.6) is 0 Å². The fraction of sp³-hybridized carbons (Fsp3) is 0.857. The molecule has 0 saturated carbocycles. The van der Waals surface area contributed by atoms with Crippen molar-refractivity contribution in [1.82, 2.24) is 0 Å². The van der Waals surface area contributed by atoms with Gasteiger partial charge in [-0.3, -0.25) is 0 Å². The highest BCUT2D eigenvalue weighted by Gasteiger charge is 2.19. The minimum atomic E-state index is -0.896. The highest BCUT2D eigenvalue weighted by Crippen LogP contribution is 1.98. The van der Waals surface area contributed by atoms with Crippen LogP contribution in [-0.4, -0.2) is 36.6 Å². The molecule has 1 unspecified atom stereocenters. The Morgan fingerprint density at radius 1 is 1.58 bits per heavy atom. The molecule has 0 aromatic heterocycles. The third-order valence-corrected chi connectivity index (χ3v) is 1.14. The summed E-state index contributed by atoms with van der Waals surface area (Å²) in [6.45, 7) is 3.22. The summed E-state index contributed by atoms with van der Waals surface area (Å²) < 4.78 is 9.08. The monoisotopic (exact) mass is 177 g/mol. The Bertz CT molecular complexity index is 146. The zero-order chi connectivity index (χ0) is 9.61. The molecular weight excluding hydrogens is 162 g/mol. The Morgan fingerprint density at radius 2 is 2.17 bits per heavy atom. The number of rotatable bonds is 4. The van der Waals surface area contributed by atoms with Crippen LogP contribution in [-0.2, 0) is 9.47 Å². The predicted molar refractivity (Wildman–Crippen MR) is 42.7 cm³/mol. The molecule has 0 aromatic rings. The van der Waals surface area contributed by atoms with Crippen LogP contribution in [0.2, 0.25) is 0 Å². The Balaban J connectivity index is 3.60. The number of nitrogens with two attached hydrogens (primary N) is 1. The molecule has 0 aliphatic rings. The predicted octanol–water partition coefficient (Wildman–Crippen LogP) is -0.131. The molecule has 0 aliphatic heterocycles. The number of hydrogen-bond donors (Lipinski definition) is 2. The number of aliphatic hydroxyl groups excluding tert-OH is 1. The standard InChI is InChI=1S/C7H15NO4/c1-3-11-6(10)12-5-7(2,8)4-9/h9H,3-5,8H2,1-2H3. The molecule has 0 heterocycles. The second-order valence-corrected chi connectivity index (χ2v) is 2.78. The van der Waals surface area contributed by atoms with Crippen molar-refractivity contribution in [3.63, 3.8) is 0 Å². The Kier molecular flexibility index (Phi) is 4.61. The summed E-state index contributed by atoms with van der Waals surface area (Å²) in [4.78, 5) is 10.6. The van der Waals surface area contributed by atoms with Crippen LogP contribution in [0.15, 0.2) is 0 Å². The van der Waals surface area contributed by atoms with E-state index >= 15 is 0 Å². The van der Waals surface area contributed by atoms with E-state index in [0.717, 1.165) is 0 Å². The van der Waals surface area contributed by atoms with E-state index in [9.17, 15) is 4.79 Å². The van der Waals surface area contributed by atoms with E-state index in [1.54, 1.807) is 13.8 Å². The zero-order valence-corrected chi connectivity index (χ0v) is 7.37. The Hall–Kier alpha value is -0.810. The van der Waals surface area contributed by atoms with Gasteiger partial charge in [0.15, 0.2) is 0 Å². The summed E-state index contributed by atoms with van der Waals surface area (Å²) in [6.07, 6.45) is -0.761. The lowest BCUT2D eigenvalue weighted by Gasteiger charge is -2.20. The molecule has 5 nitrogen and oxygen atoms in total. The van der Waals surface area contributed by atoms with Gasteiger partial charge in [0.2, 0.25) is 0 Å². The molecule has 1 atom stereocenters. The van der Waals surface area contributed by atoms with Crippen LogP contribution in [0, 0.1) is 0 Å². The normalized spacial score (nSPS) is 15.0. The number of carbonyl (C=O) groups excluding carboxylic acids is 1. The van der Waals surface area contributed by atoms with E-state index in [1.807, 2.05) is 0 Å². The van der Waals surface area contributed by atoms with Gasteiger partial charge < -0.3 is 20.3 Å². The molecule has 0 aromatic carbocycles. The smallest absolute Gasteiger partial charge is 0.435 e. The number of aliphatic hydroxyl groups is 1. The zero-order valence-electron chi connectivity index (χ0n) is 7.37. The summed E-state index contributed by atoms with van der Waals surface area (Å²) in [7, 11) is 0. The van der Waals surface area contributed by atoms with Gasteiger partial charge in [0.25, 0.3) is 0 Å². The van der Waals surface area contributed by atoms with Gasteiger partial charge in [-0.15, -0.1) is 0 Å². The topological polar surface area (TPSA) is 81.8 Å². The SMILES string of the molecule is CCOC(=O)OCC(C)(N)CO. The molecule has 0 saturated heterocycles. The summed E-state index contributed by atoms with van der Waals surface area (Å²) in [5.74, 6) is 0. The summed E-state index contributed by atoms with van der Waals surface area (Å²) in [5.41, 5.74) is 4.58. The average Bonchev–Trinajstić information content (AvgIpc) is 2.02. The number of ether oxygens (including phenoxy) is 2. The molecule has 5 heteroatoms. The van der Waals surface area contributed by atoms with Crippen molar-refractivity contribution in [1.29, 1.82) is 0 Å². The summed E-state index contributed by atoms with van der Waals surface area (Å²) in [5, 5.41) is 8.68. The molecule has 0 aliphatic carbocycles. The largest absolute Gasteiger partial charge is 0.508 e. The molecule has 0 fully saturated rings. The van der Waals surface area contributed by atoms with Crippen molar-refractivity contribution in [2.75, 3.05) is 19.8 Å². The minimum absolute atomic E-state index is 0.0532. The summed E-state index contributed by atoms with van der Waals surface area (Å²) in [6, 6.07) is 0. The maximum atomic E-state index is 10.6. The molecule has 0 bridgehead atoms. The molecular formula is C7H15NO4. The van der Waals surface area contributed by atoms with E-state index in [-0.39, 0.29) is 19.8 Å². The highest BCUT2D eigenvalue weighted by molar-refractivity contribution is 5.59. The molecule has 0 radical (unpaired) electrons. The van der Waals surface area contributed by atoms with Gasteiger partial charge in [-0.05, 0) is 13.8 Å². The first-order chi connectivity index (χ1) is 5.52. The lowest BCUT2D eigenvalue weighted by atomic mass is 10.1. The fourth-order valence-electron chi connectivity index (χ4n) is 0.429. The average molecular weight is 177 g/mol. The van der Waals surface area contributed by atoms with Crippen LogP contribution in [0.3, 0.4) is 0 Å². The van der Waals surface area contributed by atoms with Crippen LogP contribution < -0.4 is 5.73 Å². The first-order valence-electron chi connectivity index (χ1n) is 3.71. The molecule has 3 N–H and O–H groups in total. The first-order valence-corrected chi connectivity index (χ1v) is 3.71. The van der Waals surface area contributed by atoms with E-state index in [2.05, 4.69) is 9.47 Å². The first kappa shape index (κ1) is 11.2. The molecule has 0 amide bonds.